The third kappa shape index (κ3) is 4.79. The number of carbonyl (C=O) groups is 2. The molecule has 0 bridgehead atoms. The van der Waals surface area contributed by atoms with Crippen LogP contribution in [0, 0.1) is 11.8 Å². The third-order valence-electron chi connectivity index (χ3n) is 4.49. The van der Waals surface area contributed by atoms with Crippen LogP contribution in [-0.4, -0.2) is 24.9 Å². The van der Waals surface area contributed by atoms with Gasteiger partial charge in [0.2, 0.25) is 5.91 Å². The van der Waals surface area contributed by atoms with Crippen LogP contribution >= 0.6 is 0 Å². The molecule has 5 nitrogen and oxygen atoms in total. The molecular formula is C18H27N3O2. The van der Waals surface area contributed by atoms with Crippen molar-refractivity contribution in [3.8, 4) is 0 Å². The minimum atomic E-state index is -0.0704. The Morgan fingerprint density at radius 1 is 1.26 bits per heavy atom. The Bertz CT molecular complexity index is 545. The van der Waals surface area contributed by atoms with E-state index in [-0.39, 0.29) is 17.7 Å². The molecule has 2 atom stereocenters. The van der Waals surface area contributed by atoms with E-state index < -0.39 is 0 Å². The molecule has 0 aromatic heterocycles. The Morgan fingerprint density at radius 3 is 2.83 bits per heavy atom. The molecular weight excluding hydrogens is 290 g/mol. The van der Waals surface area contributed by atoms with Crippen molar-refractivity contribution >= 4 is 11.8 Å². The molecule has 23 heavy (non-hydrogen) atoms. The Kier molecular flexibility index (Phi) is 6.59. The zero-order valence-corrected chi connectivity index (χ0v) is 13.8. The van der Waals surface area contributed by atoms with Crippen molar-refractivity contribution < 1.29 is 9.59 Å². The van der Waals surface area contributed by atoms with E-state index in [0.29, 0.717) is 31.1 Å². The van der Waals surface area contributed by atoms with Crippen LogP contribution in [0.2, 0.25) is 0 Å². The first-order chi connectivity index (χ1) is 11.2. The maximum Gasteiger partial charge on any atom is 0.251 e. The lowest BCUT2D eigenvalue weighted by atomic mass is 9.95. The standard InChI is InChI=1S/C18H27N3O2/c1-2-9-20-17(22)14-6-3-5-13(10-14)12-21-18(23)16-8-4-7-15(16)11-19/h3,5-6,10,15-16H,2,4,7-9,11-12,19H2,1H3,(H,20,22)(H,21,23)/t15-,16-/m1/s1. The van der Waals surface area contributed by atoms with Gasteiger partial charge in [0.15, 0.2) is 0 Å². The summed E-state index contributed by atoms with van der Waals surface area (Å²) in [6, 6.07) is 7.39. The number of amides is 2. The van der Waals surface area contributed by atoms with Gasteiger partial charge < -0.3 is 16.4 Å². The predicted molar refractivity (Wildman–Crippen MR) is 90.8 cm³/mol. The topological polar surface area (TPSA) is 84.2 Å². The predicted octanol–water partition coefficient (Wildman–Crippen LogP) is 1.82. The van der Waals surface area contributed by atoms with Gasteiger partial charge in [-0.15, -0.1) is 0 Å². The van der Waals surface area contributed by atoms with Crippen LogP contribution in [0.25, 0.3) is 0 Å². The van der Waals surface area contributed by atoms with Gasteiger partial charge in [-0.1, -0.05) is 25.5 Å². The highest BCUT2D eigenvalue weighted by Gasteiger charge is 2.31. The van der Waals surface area contributed by atoms with Crippen LogP contribution in [0.15, 0.2) is 24.3 Å². The first kappa shape index (κ1) is 17.5. The normalized spacial score (nSPS) is 20.3. The maximum atomic E-state index is 12.3. The molecule has 5 heteroatoms. The fraction of sp³-hybridized carbons (Fsp3) is 0.556. The minimum Gasteiger partial charge on any atom is -0.352 e. The Morgan fingerprint density at radius 2 is 2.09 bits per heavy atom. The molecule has 2 amide bonds. The molecule has 1 aromatic carbocycles. The van der Waals surface area contributed by atoms with Crippen molar-refractivity contribution in [1.82, 2.24) is 10.6 Å². The van der Waals surface area contributed by atoms with Crippen LogP contribution < -0.4 is 16.4 Å². The van der Waals surface area contributed by atoms with Gasteiger partial charge in [-0.3, -0.25) is 9.59 Å². The number of hydrogen-bond acceptors (Lipinski definition) is 3. The van der Waals surface area contributed by atoms with Gasteiger partial charge in [0.25, 0.3) is 5.91 Å². The van der Waals surface area contributed by atoms with Crippen molar-refractivity contribution in [3.63, 3.8) is 0 Å². The molecule has 4 N–H and O–H groups in total. The summed E-state index contributed by atoms with van der Waals surface area (Å²) < 4.78 is 0. The smallest absolute Gasteiger partial charge is 0.251 e. The Labute approximate surface area is 138 Å². The maximum absolute atomic E-state index is 12.3. The van der Waals surface area contributed by atoms with Crippen LogP contribution in [0.5, 0.6) is 0 Å². The second-order valence-corrected chi connectivity index (χ2v) is 6.21. The van der Waals surface area contributed by atoms with Crippen LogP contribution in [0.1, 0.15) is 48.5 Å². The average Bonchev–Trinajstić information content (AvgIpc) is 3.06. The van der Waals surface area contributed by atoms with Crippen molar-refractivity contribution in [2.45, 2.75) is 39.2 Å². The lowest BCUT2D eigenvalue weighted by Crippen LogP contribution is -2.34. The summed E-state index contributed by atoms with van der Waals surface area (Å²) in [7, 11) is 0. The highest BCUT2D eigenvalue weighted by molar-refractivity contribution is 5.94. The molecule has 1 saturated carbocycles. The molecule has 2 rings (SSSR count). The largest absolute Gasteiger partial charge is 0.352 e. The molecule has 1 fully saturated rings. The number of nitrogens with two attached hydrogens (primary N) is 1. The van der Waals surface area contributed by atoms with Gasteiger partial charge in [0.1, 0.15) is 0 Å². The number of rotatable bonds is 7. The quantitative estimate of drug-likeness (QED) is 0.717. The molecule has 1 aliphatic carbocycles. The monoisotopic (exact) mass is 317 g/mol. The van der Waals surface area contributed by atoms with Crippen molar-refractivity contribution in [1.29, 1.82) is 0 Å². The zero-order chi connectivity index (χ0) is 16.7. The number of carbonyl (C=O) groups excluding carboxylic acids is 2. The summed E-state index contributed by atoms with van der Waals surface area (Å²) in [5, 5.41) is 5.85. The fourth-order valence-electron chi connectivity index (χ4n) is 3.15. The van der Waals surface area contributed by atoms with Gasteiger partial charge in [0.05, 0.1) is 0 Å². The zero-order valence-electron chi connectivity index (χ0n) is 13.8. The molecule has 0 spiro atoms. The van der Waals surface area contributed by atoms with E-state index in [0.717, 1.165) is 31.2 Å². The highest BCUT2D eigenvalue weighted by atomic mass is 16.2. The third-order valence-corrected chi connectivity index (χ3v) is 4.49. The molecule has 0 heterocycles. The molecule has 0 aliphatic heterocycles. The number of hydrogen-bond donors (Lipinski definition) is 3. The fourth-order valence-corrected chi connectivity index (χ4v) is 3.15. The van der Waals surface area contributed by atoms with Gasteiger partial charge in [-0.25, -0.2) is 0 Å². The molecule has 0 saturated heterocycles. The van der Waals surface area contributed by atoms with Gasteiger partial charge in [-0.2, -0.15) is 0 Å². The Balaban J connectivity index is 1.90. The SMILES string of the molecule is CCCNC(=O)c1cccc(CNC(=O)[C@@H]2CCC[C@@H]2CN)c1. The lowest BCUT2D eigenvalue weighted by Gasteiger charge is -2.17. The molecule has 0 unspecified atom stereocenters. The summed E-state index contributed by atoms with van der Waals surface area (Å²) in [6.07, 6.45) is 3.95. The van der Waals surface area contributed by atoms with Crippen LogP contribution in [0.4, 0.5) is 0 Å². The van der Waals surface area contributed by atoms with E-state index in [4.69, 9.17) is 5.73 Å². The molecule has 1 aromatic rings. The van der Waals surface area contributed by atoms with E-state index in [1.54, 1.807) is 6.07 Å². The number of benzene rings is 1. The first-order valence-corrected chi connectivity index (χ1v) is 8.50. The summed E-state index contributed by atoms with van der Waals surface area (Å²) in [4.78, 5) is 24.3. The van der Waals surface area contributed by atoms with Crippen LogP contribution in [0.3, 0.4) is 0 Å². The van der Waals surface area contributed by atoms with E-state index in [1.807, 2.05) is 25.1 Å². The molecule has 1 aliphatic rings. The molecule has 126 valence electrons. The number of nitrogens with one attached hydrogen (secondary N) is 2. The van der Waals surface area contributed by atoms with E-state index in [2.05, 4.69) is 10.6 Å². The summed E-state index contributed by atoms with van der Waals surface area (Å²) in [6.45, 7) is 3.71. The lowest BCUT2D eigenvalue weighted by molar-refractivity contribution is -0.126. The summed E-state index contributed by atoms with van der Waals surface area (Å²) >= 11 is 0. The second-order valence-electron chi connectivity index (χ2n) is 6.21. The Hall–Kier alpha value is -1.88. The summed E-state index contributed by atoms with van der Waals surface area (Å²) in [5.41, 5.74) is 7.30. The van der Waals surface area contributed by atoms with Gasteiger partial charge in [0, 0.05) is 24.6 Å². The first-order valence-electron chi connectivity index (χ1n) is 8.50. The summed E-state index contributed by atoms with van der Waals surface area (Å²) in [5.74, 6) is 0.356. The van der Waals surface area contributed by atoms with Gasteiger partial charge >= 0.3 is 0 Å². The average molecular weight is 317 g/mol. The van der Waals surface area contributed by atoms with Crippen molar-refractivity contribution in [2.75, 3.05) is 13.1 Å². The second kappa shape index (κ2) is 8.67. The van der Waals surface area contributed by atoms with E-state index in [9.17, 15) is 9.59 Å². The van der Waals surface area contributed by atoms with Crippen molar-refractivity contribution in [3.05, 3.63) is 35.4 Å². The van der Waals surface area contributed by atoms with Crippen molar-refractivity contribution in [2.24, 2.45) is 17.6 Å². The van der Waals surface area contributed by atoms with Crippen LogP contribution in [-0.2, 0) is 11.3 Å². The highest BCUT2D eigenvalue weighted by Crippen LogP contribution is 2.30. The van der Waals surface area contributed by atoms with Gasteiger partial charge in [-0.05, 0) is 49.4 Å². The minimum absolute atomic E-state index is 0.0380. The van der Waals surface area contributed by atoms with E-state index in [1.165, 1.54) is 0 Å². The molecule has 0 radical (unpaired) electrons. The van der Waals surface area contributed by atoms with E-state index >= 15 is 0 Å².